The number of nitrogen functional groups attached to an aromatic ring is 1. The van der Waals surface area contributed by atoms with Crippen LogP contribution in [-0.2, 0) is 4.79 Å². The predicted molar refractivity (Wildman–Crippen MR) is 74.5 cm³/mol. The molecule has 19 heavy (non-hydrogen) atoms. The normalized spacial score (nSPS) is 16.0. The summed E-state index contributed by atoms with van der Waals surface area (Å²) < 4.78 is 5.49. The largest absolute Gasteiger partial charge is 0.493 e. The van der Waals surface area contributed by atoms with E-state index in [0.717, 1.165) is 31.7 Å². The Morgan fingerprint density at radius 1 is 1.21 bits per heavy atom. The quantitative estimate of drug-likeness (QED) is 0.791. The molecule has 1 aliphatic rings. The van der Waals surface area contributed by atoms with E-state index in [1.807, 2.05) is 5.01 Å². The number of amides is 1. The lowest BCUT2D eigenvalue weighted by molar-refractivity contribution is -0.126. The summed E-state index contributed by atoms with van der Waals surface area (Å²) in [4.78, 5) is 11.7. The van der Waals surface area contributed by atoms with Crippen LogP contribution in [0.15, 0.2) is 24.3 Å². The number of piperidine rings is 1. The van der Waals surface area contributed by atoms with Crippen LogP contribution in [0.3, 0.4) is 0 Å². The molecule has 0 unspecified atom stereocenters. The van der Waals surface area contributed by atoms with Crippen molar-refractivity contribution in [2.45, 2.75) is 25.7 Å². The van der Waals surface area contributed by atoms with Crippen LogP contribution in [0.5, 0.6) is 5.75 Å². The van der Waals surface area contributed by atoms with Gasteiger partial charge >= 0.3 is 0 Å². The molecule has 0 aliphatic carbocycles. The Bertz CT molecular complexity index is 400. The third-order valence-corrected chi connectivity index (χ3v) is 3.12. The fourth-order valence-corrected chi connectivity index (χ4v) is 2.06. The van der Waals surface area contributed by atoms with Gasteiger partial charge in [-0.3, -0.25) is 10.2 Å². The number of nitrogens with one attached hydrogen (secondary N) is 1. The van der Waals surface area contributed by atoms with Crippen LogP contribution >= 0.6 is 0 Å². The van der Waals surface area contributed by atoms with Crippen molar-refractivity contribution in [3.8, 4) is 5.75 Å². The predicted octanol–water partition coefficient (Wildman–Crippen LogP) is 1.55. The summed E-state index contributed by atoms with van der Waals surface area (Å²) in [5.41, 5.74) is 9.19. The van der Waals surface area contributed by atoms with Crippen molar-refractivity contribution in [3.05, 3.63) is 24.3 Å². The summed E-state index contributed by atoms with van der Waals surface area (Å²) in [6, 6.07) is 7.17. The summed E-state index contributed by atoms with van der Waals surface area (Å²) in [5, 5.41) is 2.00. The van der Waals surface area contributed by atoms with Crippen LogP contribution in [0.25, 0.3) is 0 Å². The van der Waals surface area contributed by atoms with E-state index in [1.165, 1.54) is 6.42 Å². The first-order chi connectivity index (χ1) is 9.24. The van der Waals surface area contributed by atoms with Gasteiger partial charge in [0.05, 0.1) is 13.0 Å². The third kappa shape index (κ3) is 4.79. The number of hydrogen-bond acceptors (Lipinski definition) is 4. The van der Waals surface area contributed by atoms with Gasteiger partial charge in [0.15, 0.2) is 0 Å². The van der Waals surface area contributed by atoms with Gasteiger partial charge in [-0.2, -0.15) is 0 Å². The van der Waals surface area contributed by atoms with Gasteiger partial charge < -0.3 is 10.5 Å². The van der Waals surface area contributed by atoms with E-state index in [1.54, 1.807) is 24.3 Å². The second-order valence-electron chi connectivity index (χ2n) is 4.75. The molecule has 0 bridgehead atoms. The molecule has 2 rings (SSSR count). The van der Waals surface area contributed by atoms with Crippen LogP contribution in [0.2, 0.25) is 0 Å². The van der Waals surface area contributed by atoms with E-state index < -0.39 is 0 Å². The van der Waals surface area contributed by atoms with Gasteiger partial charge in [0, 0.05) is 18.8 Å². The van der Waals surface area contributed by atoms with E-state index in [0.29, 0.717) is 18.7 Å². The van der Waals surface area contributed by atoms with Crippen LogP contribution in [-0.4, -0.2) is 30.6 Å². The topological polar surface area (TPSA) is 67.6 Å². The van der Waals surface area contributed by atoms with Crippen molar-refractivity contribution in [2.24, 2.45) is 0 Å². The minimum atomic E-state index is 0.0114. The molecule has 1 saturated heterocycles. The first kappa shape index (κ1) is 13.7. The molecule has 5 nitrogen and oxygen atoms in total. The maximum Gasteiger partial charge on any atom is 0.237 e. The fraction of sp³-hybridized carbons (Fsp3) is 0.500. The second kappa shape index (κ2) is 6.99. The Labute approximate surface area is 113 Å². The number of hydrazine groups is 1. The SMILES string of the molecule is Nc1ccc(OCCC(=O)NN2CCCCC2)cc1. The van der Waals surface area contributed by atoms with Gasteiger partial charge in [0.1, 0.15) is 5.75 Å². The zero-order chi connectivity index (χ0) is 13.5. The number of ether oxygens (including phenoxy) is 1. The zero-order valence-electron chi connectivity index (χ0n) is 11.1. The number of rotatable bonds is 5. The maximum absolute atomic E-state index is 11.7. The lowest BCUT2D eigenvalue weighted by Crippen LogP contribution is -2.45. The standard InChI is InChI=1S/C14H21N3O2/c15-12-4-6-13(7-5-12)19-11-8-14(18)16-17-9-2-1-3-10-17/h4-7H,1-3,8-11,15H2,(H,16,18). The van der Waals surface area contributed by atoms with Gasteiger partial charge in [0.25, 0.3) is 0 Å². The molecular weight excluding hydrogens is 242 g/mol. The summed E-state index contributed by atoms with van der Waals surface area (Å²) in [6.45, 7) is 2.28. The number of carbonyl (C=O) groups is 1. The van der Waals surface area contributed by atoms with E-state index in [9.17, 15) is 4.79 Å². The molecule has 1 fully saturated rings. The average molecular weight is 263 g/mol. The number of anilines is 1. The van der Waals surface area contributed by atoms with Crippen molar-refractivity contribution < 1.29 is 9.53 Å². The highest BCUT2D eigenvalue weighted by atomic mass is 16.5. The average Bonchev–Trinajstić information content (AvgIpc) is 2.42. The van der Waals surface area contributed by atoms with Crippen molar-refractivity contribution in [3.63, 3.8) is 0 Å². The van der Waals surface area contributed by atoms with E-state index in [4.69, 9.17) is 10.5 Å². The van der Waals surface area contributed by atoms with Crippen LogP contribution < -0.4 is 15.9 Å². The summed E-state index contributed by atoms with van der Waals surface area (Å²) >= 11 is 0. The second-order valence-corrected chi connectivity index (χ2v) is 4.75. The molecule has 1 aromatic rings. The van der Waals surface area contributed by atoms with Crippen LogP contribution in [0, 0.1) is 0 Å². The molecule has 0 radical (unpaired) electrons. The first-order valence-corrected chi connectivity index (χ1v) is 6.77. The minimum Gasteiger partial charge on any atom is -0.493 e. The Kier molecular flexibility index (Phi) is 5.03. The van der Waals surface area contributed by atoms with Crippen molar-refractivity contribution in [1.82, 2.24) is 10.4 Å². The minimum absolute atomic E-state index is 0.0114. The highest BCUT2D eigenvalue weighted by Gasteiger charge is 2.12. The summed E-state index contributed by atoms with van der Waals surface area (Å²) in [5.74, 6) is 0.748. The van der Waals surface area contributed by atoms with Crippen molar-refractivity contribution >= 4 is 11.6 Å². The molecule has 0 spiro atoms. The molecule has 1 aliphatic heterocycles. The first-order valence-electron chi connectivity index (χ1n) is 6.77. The van der Waals surface area contributed by atoms with Gasteiger partial charge in [-0.05, 0) is 37.1 Å². The van der Waals surface area contributed by atoms with E-state index in [-0.39, 0.29) is 5.91 Å². The molecule has 1 heterocycles. The number of carbonyl (C=O) groups excluding carboxylic acids is 1. The number of benzene rings is 1. The Hall–Kier alpha value is -1.75. The molecule has 104 valence electrons. The van der Waals surface area contributed by atoms with Gasteiger partial charge in [-0.25, -0.2) is 5.01 Å². The molecule has 5 heteroatoms. The lowest BCUT2D eigenvalue weighted by atomic mass is 10.2. The summed E-state index contributed by atoms with van der Waals surface area (Å²) in [7, 11) is 0. The highest BCUT2D eigenvalue weighted by molar-refractivity contribution is 5.75. The zero-order valence-corrected chi connectivity index (χ0v) is 11.1. The smallest absolute Gasteiger partial charge is 0.237 e. The van der Waals surface area contributed by atoms with Gasteiger partial charge in [-0.1, -0.05) is 6.42 Å². The monoisotopic (exact) mass is 263 g/mol. The van der Waals surface area contributed by atoms with E-state index >= 15 is 0 Å². The Morgan fingerprint density at radius 3 is 2.58 bits per heavy atom. The summed E-state index contributed by atoms with van der Waals surface area (Å²) in [6.07, 6.45) is 3.93. The molecule has 1 aromatic carbocycles. The fourth-order valence-electron chi connectivity index (χ4n) is 2.06. The van der Waals surface area contributed by atoms with Crippen LogP contribution in [0.4, 0.5) is 5.69 Å². The van der Waals surface area contributed by atoms with Crippen molar-refractivity contribution in [2.75, 3.05) is 25.4 Å². The number of nitrogens with two attached hydrogens (primary N) is 1. The molecule has 3 N–H and O–H groups in total. The van der Waals surface area contributed by atoms with Crippen LogP contribution in [0.1, 0.15) is 25.7 Å². The molecular formula is C14H21N3O2. The Balaban J connectivity index is 1.64. The van der Waals surface area contributed by atoms with Gasteiger partial charge in [-0.15, -0.1) is 0 Å². The molecule has 1 amide bonds. The molecule has 0 saturated carbocycles. The third-order valence-electron chi connectivity index (χ3n) is 3.12. The maximum atomic E-state index is 11.7. The lowest BCUT2D eigenvalue weighted by Gasteiger charge is -2.26. The molecule has 0 atom stereocenters. The van der Waals surface area contributed by atoms with Gasteiger partial charge in [0.2, 0.25) is 5.91 Å². The number of nitrogens with zero attached hydrogens (tertiary/aromatic N) is 1. The van der Waals surface area contributed by atoms with E-state index in [2.05, 4.69) is 5.43 Å². The Morgan fingerprint density at radius 2 is 1.89 bits per heavy atom. The highest BCUT2D eigenvalue weighted by Crippen LogP contribution is 2.13. The number of hydrogen-bond donors (Lipinski definition) is 2. The molecule has 0 aromatic heterocycles. The van der Waals surface area contributed by atoms with Crippen molar-refractivity contribution in [1.29, 1.82) is 0 Å².